The minimum atomic E-state index is 0.301. The second-order valence-electron chi connectivity index (χ2n) is 5.10. The third-order valence-electron chi connectivity index (χ3n) is 2.38. The van der Waals surface area contributed by atoms with E-state index in [0.717, 1.165) is 18.1 Å². The molecule has 1 rings (SSSR count). The van der Waals surface area contributed by atoms with Gasteiger partial charge >= 0.3 is 0 Å². The Balaban J connectivity index is 2.26. The van der Waals surface area contributed by atoms with Gasteiger partial charge in [-0.25, -0.2) is 0 Å². The summed E-state index contributed by atoms with van der Waals surface area (Å²) in [6.45, 7) is 12.0. The normalized spacial score (nSPS) is 14.1. The molecule has 0 aromatic carbocycles. The van der Waals surface area contributed by atoms with E-state index < -0.39 is 0 Å². The van der Waals surface area contributed by atoms with E-state index in [4.69, 9.17) is 4.42 Å². The van der Waals surface area contributed by atoms with Gasteiger partial charge in [0.05, 0.1) is 12.3 Å². The molecule has 1 unspecified atom stereocenters. The van der Waals surface area contributed by atoms with E-state index in [1.807, 2.05) is 17.8 Å². The Morgan fingerprint density at radius 3 is 2.62 bits per heavy atom. The quantitative estimate of drug-likeness (QED) is 0.794. The van der Waals surface area contributed by atoms with E-state index in [1.54, 1.807) is 6.26 Å². The number of nitrogens with one attached hydrogen (secondary N) is 1. The van der Waals surface area contributed by atoms with Crippen LogP contribution in [0.5, 0.6) is 0 Å². The van der Waals surface area contributed by atoms with Crippen LogP contribution in [0.15, 0.2) is 16.7 Å². The molecule has 0 aliphatic rings. The van der Waals surface area contributed by atoms with Crippen molar-refractivity contribution in [2.45, 2.75) is 45.4 Å². The maximum absolute atomic E-state index is 5.45. The van der Waals surface area contributed by atoms with E-state index >= 15 is 0 Å². The van der Waals surface area contributed by atoms with Crippen LogP contribution in [-0.4, -0.2) is 17.0 Å². The predicted octanol–water partition coefficient (Wildman–Crippen LogP) is 3.77. The standard InChI is InChI=1S/C13H23NOS/c1-10-6-8-15-12(10)11(2)14-7-9-16-13(3,4)5/h6,8,11,14H,7,9H2,1-5H3. The number of hydrogen-bond donors (Lipinski definition) is 1. The smallest absolute Gasteiger partial charge is 0.123 e. The van der Waals surface area contributed by atoms with Crippen molar-refractivity contribution in [3.05, 3.63) is 23.7 Å². The van der Waals surface area contributed by atoms with Crippen LogP contribution in [0.2, 0.25) is 0 Å². The highest BCUT2D eigenvalue weighted by Crippen LogP contribution is 2.23. The molecule has 0 bridgehead atoms. The molecule has 0 fully saturated rings. The van der Waals surface area contributed by atoms with Crippen LogP contribution < -0.4 is 5.32 Å². The monoisotopic (exact) mass is 241 g/mol. The maximum atomic E-state index is 5.45. The van der Waals surface area contributed by atoms with Crippen LogP contribution in [-0.2, 0) is 0 Å². The summed E-state index contributed by atoms with van der Waals surface area (Å²) in [7, 11) is 0. The number of furan rings is 1. The first-order valence-corrected chi connectivity index (χ1v) is 6.80. The van der Waals surface area contributed by atoms with Gasteiger partial charge < -0.3 is 9.73 Å². The molecule has 0 saturated carbocycles. The number of hydrogen-bond acceptors (Lipinski definition) is 3. The summed E-state index contributed by atoms with van der Waals surface area (Å²) < 4.78 is 5.81. The first-order chi connectivity index (χ1) is 7.40. The maximum Gasteiger partial charge on any atom is 0.123 e. The minimum Gasteiger partial charge on any atom is -0.467 e. The lowest BCUT2D eigenvalue weighted by Crippen LogP contribution is -2.23. The van der Waals surface area contributed by atoms with Gasteiger partial charge in [-0.15, -0.1) is 0 Å². The summed E-state index contributed by atoms with van der Waals surface area (Å²) in [6.07, 6.45) is 1.76. The van der Waals surface area contributed by atoms with Gasteiger partial charge in [0, 0.05) is 17.0 Å². The average molecular weight is 241 g/mol. The fraction of sp³-hybridized carbons (Fsp3) is 0.692. The molecule has 2 nitrogen and oxygen atoms in total. The molecule has 1 aromatic rings. The van der Waals surface area contributed by atoms with Gasteiger partial charge in [0.2, 0.25) is 0 Å². The van der Waals surface area contributed by atoms with Crippen molar-refractivity contribution in [1.29, 1.82) is 0 Å². The predicted molar refractivity (Wildman–Crippen MR) is 72.1 cm³/mol. The Labute approximate surface area is 103 Å². The van der Waals surface area contributed by atoms with Crippen molar-refractivity contribution in [2.75, 3.05) is 12.3 Å². The van der Waals surface area contributed by atoms with E-state index in [2.05, 4.69) is 39.9 Å². The molecule has 1 heterocycles. The molecule has 0 radical (unpaired) electrons. The molecule has 92 valence electrons. The van der Waals surface area contributed by atoms with Crippen molar-refractivity contribution < 1.29 is 4.42 Å². The Bertz CT molecular complexity index is 314. The molecule has 1 aromatic heterocycles. The van der Waals surface area contributed by atoms with E-state index in [0.29, 0.717) is 10.8 Å². The van der Waals surface area contributed by atoms with E-state index in [-0.39, 0.29) is 0 Å². The average Bonchev–Trinajstić information content (AvgIpc) is 2.57. The van der Waals surface area contributed by atoms with Crippen LogP contribution in [0.4, 0.5) is 0 Å². The molecule has 0 spiro atoms. The fourth-order valence-electron chi connectivity index (χ4n) is 1.55. The largest absolute Gasteiger partial charge is 0.467 e. The summed E-state index contributed by atoms with van der Waals surface area (Å²) >= 11 is 1.98. The molecule has 0 saturated heterocycles. The third-order valence-corrected chi connectivity index (χ3v) is 3.66. The minimum absolute atomic E-state index is 0.301. The second kappa shape index (κ2) is 5.78. The molecular weight excluding hydrogens is 218 g/mol. The Hall–Kier alpha value is -0.410. The molecular formula is C13H23NOS. The van der Waals surface area contributed by atoms with Gasteiger partial charge in [0.1, 0.15) is 5.76 Å². The zero-order valence-electron chi connectivity index (χ0n) is 11.0. The molecule has 1 atom stereocenters. The molecule has 3 heteroatoms. The Morgan fingerprint density at radius 1 is 1.44 bits per heavy atom. The Morgan fingerprint density at radius 2 is 2.12 bits per heavy atom. The molecule has 0 aliphatic carbocycles. The second-order valence-corrected chi connectivity index (χ2v) is 7.03. The number of aryl methyl sites for hydroxylation is 1. The van der Waals surface area contributed by atoms with Crippen LogP contribution in [0.1, 0.15) is 45.1 Å². The van der Waals surface area contributed by atoms with Crippen molar-refractivity contribution in [1.82, 2.24) is 5.32 Å². The van der Waals surface area contributed by atoms with Gasteiger partial charge in [0.15, 0.2) is 0 Å². The van der Waals surface area contributed by atoms with Crippen molar-refractivity contribution in [2.24, 2.45) is 0 Å². The van der Waals surface area contributed by atoms with Gasteiger partial charge in [0.25, 0.3) is 0 Å². The van der Waals surface area contributed by atoms with E-state index in [9.17, 15) is 0 Å². The van der Waals surface area contributed by atoms with Crippen LogP contribution in [0.3, 0.4) is 0 Å². The third kappa shape index (κ3) is 4.62. The summed E-state index contributed by atoms with van der Waals surface area (Å²) in [5, 5.41) is 3.48. The van der Waals surface area contributed by atoms with Crippen molar-refractivity contribution in [3.63, 3.8) is 0 Å². The molecule has 16 heavy (non-hydrogen) atoms. The number of thioether (sulfide) groups is 1. The first kappa shape index (κ1) is 13.7. The highest BCUT2D eigenvalue weighted by Gasteiger charge is 2.12. The molecule has 0 aliphatic heterocycles. The first-order valence-electron chi connectivity index (χ1n) is 5.81. The zero-order valence-corrected chi connectivity index (χ0v) is 11.8. The van der Waals surface area contributed by atoms with Gasteiger partial charge in [-0.1, -0.05) is 20.8 Å². The van der Waals surface area contributed by atoms with Gasteiger partial charge in [-0.05, 0) is 25.5 Å². The zero-order chi connectivity index (χ0) is 12.2. The highest BCUT2D eigenvalue weighted by atomic mass is 32.2. The van der Waals surface area contributed by atoms with Crippen LogP contribution >= 0.6 is 11.8 Å². The molecule has 0 amide bonds. The lowest BCUT2D eigenvalue weighted by atomic mass is 10.2. The molecule has 1 N–H and O–H groups in total. The van der Waals surface area contributed by atoms with Crippen LogP contribution in [0.25, 0.3) is 0 Å². The van der Waals surface area contributed by atoms with Crippen molar-refractivity contribution >= 4 is 11.8 Å². The van der Waals surface area contributed by atoms with Gasteiger partial charge in [-0.3, -0.25) is 0 Å². The lowest BCUT2D eigenvalue weighted by molar-refractivity contribution is 0.435. The summed E-state index contributed by atoms with van der Waals surface area (Å²) in [6, 6.07) is 2.31. The SMILES string of the molecule is Cc1ccoc1C(C)NCCSC(C)(C)C. The summed E-state index contributed by atoms with van der Waals surface area (Å²) in [5.74, 6) is 2.19. The van der Waals surface area contributed by atoms with Crippen molar-refractivity contribution in [3.8, 4) is 0 Å². The highest BCUT2D eigenvalue weighted by molar-refractivity contribution is 8.00. The number of rotatable bonds is 5. The topological polar surface area (TPSA) is 25.2 Å². The van der Waals surface area contributed by atoms with Crippen LogP contribution in [0, 0.1) is 6.92 Å². The lowest BCUT2D eigenvalue weighted by Gasteiger charge is -2.18. The van der Waals surface area contributed by atoms with E-state index in [1.165, 1.54) is 5.56 Å². The summed E-state index contributed by atoms with van der Waals surface area (Å²) in [5.41, 5.74) is 1.23. The summed E-state index contributed by atoms with van der Waals surface area (Å²) in [4.78, 5) is 0. The van der Waals surface area contributed by atoms with Gasteiger partial charge in [-0.2, -0.15) is 11.8 Å². The Kier molecular flexibility index (Phi) is 4.93. The fourth-order valence-corrected chi connectivity index (χ4v) is 2.39.